The molecule has 0 amide bonds. The number of nitrogens with one attached hydrogen (secondary N) is 1. The Morgan fingerprint density at radius 1 is 1.27 bits per heavy atom. The zero-order valence-electron chi connectivity index (χ0n) is 25.2. The summed E-state index contributed by atoms with van der Waals surface area (Å²) in [7, 11) is -4.60. The Hall–Kier alpha value is -3.43. The molecular weight excluding hydrogens is 605 g/mol. The van der Waals surface area contributed by atoms with Gasteiger partial charge in [0.1, 0.15) is 18.4 Å². The Bertz CT molecular complexity index is 1520. The lowest BCUT2D eigenvalue weighted by atomic mass is 9.97. The zero-order chi connectivity index (χ0) is 32.5. The van der Waals surface area contributed by atoms with Crippen LogP contribution in [0, 0.1) is 5.41 Å². The predicted octanol–water partition coefficient (Wildman–Crippen LogP) is 3.86. The van der Waals surface area contributed by atoms with Crippen LogP contribution < -0.4 is 20.1 Å². The number of imidazole rings is 1. The molecule has 0 bridgehead atoms. The van der Waals surface area contributed by atoms with Gasteiger partial charge in [0.05, 0.1) is 19.5 Å². The quantitative estimate of drug-likeness (QED) is 0.191. The number of halogens is 2. The number of carbonyl (C=O) groups excluding carboxylic acids is 1. The van der Waals surface area contributed by atoms with Crippen LogP contribution in [0.15, 0.2) is 36.7 Å². The van der Waals surface area contributed by atoms with Crippen molar-refractivity contribution in [2.75, 3.05) is 25.6 Å². The van der Waals surface area contributed by atoms with E-state index in [4.69, 9.17) is 29.0 Å². The predicted molar refractivity (Wildman–Crippen MR) is 154 cm³/mol. The number of aromatic nitrogens is 4. The summed E-state index contributed by atoms with van der Waals surface area (Å²) in [4.78, 5) is 24.8. The van der Waals surface area contributed by atoms with E-state index in [1.165, 1.54) is 19.1 Å². The molecule has 6 atom stereocenters. The van der Waals surface area contributed by atoms with E-state index in [-0.39, 0.29) is 47.4 Å². The molecule has 17 heteroatoms. The molecular formula is C27H37F2N6O8P. The number of carbonyl (C=O) groups is 1. The molecule has 3 unspecified atom stereocenters. The smallest absolute Gasteiger partial charge is 0.459 e. The second kappa shape index (κ2) is 12.5. The van der Waals surface area contributed by atoms with Crippen molar-refractivity contribution >= 4 is 30.8 Å². The van der Waals surface area contributed by atoms with Crippen molar-refractivity contribution in [1.82, 2.24) is 24.6 Å². The normalized spacial score (nSPS) is 25.8. The number of esters is 1. The largest absolute Gasteiger partial charge is 0.476 e. The molecule has 44 heavy (non-hydrogen) atoms. The van der Waals surface area contributed by atoms with Gasteiger partial charge in [-0.25, -0.2) is 18.3 Å². The number of hydrogen-bond donors (Lipinski definition) is 3. The first-order valence-corrected chi connectivity index (χ1v) is 15.3. The maximum atomic E-state index is 16.3. The van der Waals surface area contributed by atoms with Gasteiger partial charge in [0.15, 0.2) is 29.2 Å². The van der Waals surface area contributed by atoms with Gasteiger partial charge in [0.25, 0.3) is 5.85 Å². The number of fused-ring (bicyclic) bond motifs is 1. The first kappa shape index (κ1) is 33.5. The van der Waals surface area contributed by atoms with E-state index in [0.29, 0.717) is 0 Å². The van der Waals surface area contributed by atoms with Crippen molar-refractivity contribution in [2.24, 2.45) is 5.41 Å². The Balaban J connectivity index is 1.59. The highest BCUT2D eigenvalue weighted by Gasteiger charge is 2.65. The molecule has 1 fully saturated rings. The van der Waals surface area contributed by atoms with Gasteiger partial charge < -0.3 is 29.6 Å². The Kier molecular flexibility index (Phi) is 9.52. The lowest BCUT2D eigenvalue weighted by Crippen LogP contribution is -2.47. The van der Waals surface area contributed by atoms with Gasteiger partial charge in [-0.1, -0.05) is 39.0 Å². The number of nitrogen functional groups attached to an aromatic ring is 1. The van der Waals surface area contributed by atoms with Crippen LogP contribution in [0.4, 0.5) is 14.7 Å². The van der Waals surface area contributed by atoms with Gasteiger partial charge >= 0.3 is 13.7 Å². The summed E-state index contributed by atoms with van der Waals surface area (Å²) in [5.74, 6) is -4.19. The third kappa shape index (κ3) is 7.26. The Labute approximate surface area is 252 Å². The molecule has 0 spiro atoms. The Morgan fingerprint density at radius 3 is 2.59 bits per heavy atom. The number of rotatable bonds is 12. The van der Waals surface area contributed by atoms with Crippen LogP contribution in [0.1, 0.15) is 47.8 Å². The van der Waals surface area contributed by atoms with Crippen LogP contribution in [0.25, 0.3) is 11.2 Å². The minimum atomic E-state index is -4.60. The summed E-state index contributed by atoms with van der Waals surface area (Å²) in [6.07, 6.45) is -3.19. The molecule has 1 aliphatic heterocycles. The second-order valence-corrected chi connectivity index (χ2v) is 13.3. The first-order valence-electron chi connectivity index (χ1n) is 13.8. The van der Waals surface area contributed by atoms with Gasteiger partial charge in [-0.3, -0.25) is 13.9 Å². The molecule has 2 aromatic heterocycles. The van der Waals surface area contributed by atoms with Crippen LogP contribution >= 0.6 is 7.75 Å². The van der Waals surface area contributed by atoms with E-state index in [9.17, 15) is 14.5 Å². The van der Waals surface area contributed by atoms with Crippen LogP contribution in [0.5, 0.6) is 11.6 Å². The van der Waals surface area contributed by atoms with E-state index in [2.05, 4.69) is 20.0 Å². The highest BCUT2D eigenvalue weighted by atomic mass is 31.2. The topological polar surface area (TPSA) is 182 Å². The van der Waals surface area contributed by atoms with Gasteiger partial charge in [-0.05, 0) is 38.3 Å². The summed E-state index contributed by atoms with van der Waals surface area (Å²) in [5, 5.41) is 13.2. The molecule has 4 N–H and O–H groups in total. The maximum Gasteiger partial charge on any atom is 0.459 e. The highest BCUT2D eigenvalue weighted by molar-refractivity contribution is 7.52. The van der Waals surface area contributed by atoms with E-state index in [1.807, 2.05) is 20.8 Å². The number of hydrogen-bond acceptors (Lipinski definition) is 12. The first-order chi connectivity index (χ1) is 20.5. The van der Waals surface area contributed by atoms with Crippen LogP contribution in [-0.4, -0.2) is 74.1 Å². The van der Waals surface area contributed by atoms with Crippen molar-refractivity contribution in [3.05, 3.63) is 36.7 Å². The number of aliphatic hydroxyl groups is 1. The van der Waals surface area contributed by atoms with E-state index >= 15 is 8.78 Å². The third-order valence-electron chi connectivity index (χ3n) is 6.43. The summed E-state index contributed by atoms with van der Waals surface area (Å²) in [6, 6.07) is 6.52. The van der Waals surface area contributed by atoms with E-state index in [1.54, 1.807) is 25.1 Å². The number of anilines is 1. The maximum absolute atomic E-state index is 16.3. The second-order valence-electron chi connectivity index (χ2n) is 11.6. The number of para-hydroxylation sites is 1. The molecule has 0 radical (unpaired) electrons. The van der Waals surface area contributed by atoms with Crippen molar-refractivity contribution in [3.63, 3.8) is 0 Å². The molecule has 1 aromatic carbocycles. The SMILES string of the molecule is CCOc1nc(N)nc2c1ncn2[C@@H]1O[C@](F)(COP(=O)(NC(C)C(=O)OCC(C)(C)C)Oc2ccccc2)C(O)[C@@]1(C)F. The minimum Gasteiger partial charge on any atom is -0.476 e. The number of ether oxygens (including phenoxy) is 3. The van der Waals surface area contributed by atoms with Crippen LogP contribution in [0.2, 0.25) is 0 Å². The van der Waals surface area contributed by atoms with Crippen molar-refractivity contribution in [1.29, 1.82) is 0 Å². The molecule has 1 saturated heterocycles. The molecule has 3 aromatic rings. The highest BCUT2D eigenvalue weighted by Crippen LogP contribution is 2.52. The average molecular weight is 643 g/mol. The molecule has 242 valence electrons. The number of alkyl halides is 2. The fourth-order valence-electron chi connectivity index (χ4n) is 4.26. The third-order valence-corrected chi connectivity index (χ3v) is 8.05. The van der Waals surface area contributed by atoms with Gasteiger partial charge in [-0.2, -0.15) is 15.1 Å². The standard InChI is InChI=1S/C27H37F2N6O8P/c1-7-39-20-18-19(32-24(30)33-20)35(15-31-18)23-26(6,28)22(37)27(29,42-23)14-41-44(38,43-17-11-9-8-10-12-17)34-16(2)21(36)40-13-25(3,4)5/h8-12,15-16,22-23,37H,7,13-14H2,1-6H3,(H,34,38)(H2,30,32,33)/t16?,22?,23-,26-,27-,44?/m1/s1. The molecule has 4 rings (SSSR count). The average Bonchev–Trinajstić information content (AvgIpc) is 3.43. The van der Waals surface area contributed by atoms with E-state index in [0.717, 1.165) is 17.8 Å². The lowest BCUT2D eigenvalue weighted by Gasteiger charge is -2.28. The number of benzene rings is 1. The Morgan fingerprint density at radius 2 is 1.95 bits per heavy atom. The van der Waals surface area contributed by atoms with Crippen LogP contribution in [-0.2, 0) is 23.4 Å². The summed E-state index contributed by atoms with van der Waals surface area (Å²) in [5.41, 5.74) is 2.70. The van der Waals surface area contributed by atoms with Crippen molar-refractivity contribution < 1.29 is 46.5 Å². The summed E-state index contributed by atoms with van der Waals surface area (Å²) in [6.45, 7) is 8.55. The van der Waals surface area contributed by atoms with Crippen molar-refractivity contribution in [3.8, 4) is 11.6 Å². The molecule has 14 nitrogen and oxygen atoms in total. The molecule has 0 aliphatic carbocycles. The van der Waals surface area contributed by atoms with Crippen LogP contribution in [0.3, 0.4) is 0 Å². The summed E-state index contributed by atoms with van der Waals surface area (Å²) >= 11 is 0. The summed E-state index contributed by atoms with van der Waals surface area (Å²) < 4.78 is 74.3. The van der Waals surface area contributed by atoms with Gasteiger partial charge in [0.2, 0.25) is 11.8 Å². The number of nitrogens with zero attached hydrogens (tertiary/aromatic N) is 4. The lowest BCUT2D eigenvalue weighted by molar-refractivity contribution is -0.202. The molecule has 1 aliphatic rings. The minimum absolute atomic E-state index is 0.0166. The zero-order valence-corrected chi connectivity index (χ0v) is 26.1. The molecule has 3 heterocycles. The number of nitrogens with two attached hydrogens (primary N) is 1. The monoisotopic (exact) mass is 642 g/mol. The van der Waals surface area contributed by atoms with Gasteiger partial charge in [-0.15, -0.1) is 0 Å². The van der Waals surface area contributed by atoms with Crippen molar-refractivity contribution in [2.45, 2.75) is 71.4 Å². The molecule has 0 saturated carbocycles. The fraction of sp³-hybridized carbons (Fsp3) is 0.556. The van der Waals surface area contributed by atoms with E-state index < -0.39 is 50.2 Å². The number of aliphatic hydroxyl groups excluding tert-OH is 1. The van der Waals surface area contributed by atoms with Gasteiger partial charge in [0, 0.05) is 0 Å². The fourth-order valence-corrected chi connectivity index (χ4v) is 5.77.